The van der Waals surface area contributed by atoms with Gasteiger partial charge in [0.1, 0.15) is 16.9 Å². The molecule has 26 heavy (non-hydrogen) atoms. The van der Waals surface area contributed by atoms with Crippen molar-refractivity contribution < 1.29 is 18.4 Å². The van der Waals surface area contributed by atoms with Crippen LogP contribution in [-0.2, 0) is 9.59 Å². The summed E-state index contributed by atoms with van der Waals surface area (Å²) in [5.41, 5.74) is 0.956. The van der Waals surface area contributed by atoms with E-state index in [0.29, 0.717) is 16.5 Å². The van der Waals surface area contributed by atoms with Crippen LogP contribution in [0.4, 0.5) is 20.2 Å². The Morgan fingerprint density at radius 1 is 1.08 bits per heavy atom. The summed E-state index contributed by atoms with van der Waals surface area (Å²) in [5, 5.41) is 2.79. The van der Waals surface area contributed by atoms with Crippen LogP contribution in [0, 0.1) is 11.6 Å². The fourth-order valence-corrected chi connectivity index (χ4v) is 3.47. The predicted octanol–water partition coefficient (Wildman–Crippen LogP) is 3.43. The van der Waals surface area contributed by atoms with Crippen LogP contribution >= 0.6 is 11.8 Å². The Balaban J connectivity index is 1.71. The number of nitrogens with zero attached hydrogens (tertiary/aromatic N) is 2. The Morgan fingerprint density at radius 3 is 2.23 bits per heavy atom. The summed E-state index contributed by atoms with van der Waals surface area (Å²) in [7, 11) is 1.55. The third kappa shape index (κ3) is 3.91. The Labute approximate surface area is 153 Å². The zero-order chi connectivity index (χ0) is 18.7. The lowest BCUT2D eigenvalue weighted by Gasteiger charge is -2.15. The van der Waals surface area contributed by atoms with Crippen molar-refractivity contribution in [2.75, 3.05) is 17.3 Å². The highest BCUT2D eigenvalue weighted by atomic mass is 32.2. The summed E-state index contributed by atoms with van der Waals surface area (Å²) in [4.78, 5) is 30.0. The molecule has 1 saturated heterocycles. The first-order chi connectivity index (χ1) is 12.5. The fourth-order valence-electron chi connectivity index (χ4n) is 2.49. The normalized spacial score (nSPS) is 17.7. The number of aliphatic imine (C=N–C) groups is 1. The van der Waals surface area contributed by atoms with E-state index in [9.17, 15) is 18.4 Å². The molecule has 3 rings (SSSR count). The van der Waals surface area contributed by atoms with E-state index >= 15 is 0 Å². The lowest BCUT2D eigenvalue weighted by Crippen LogP contribution is -2.31. The van der Waals surface area contributed by atoms with Gasteiger partial charge < -0.3 is 5.32 Å². The second kappa shape index (κ2) is 7.65. The lowest BCUT2D eigenvalue weighted by molar-refractivity contribution is -0.121. The summed E-state index contributed by atoms with van der Waals surface area (Å²) < 4.78 is 26.0. The maximum absolute atomic E-state index is 13.1. The highest BCUT2D eigenvalue weighted by molar-refractivity contribution is 8.15. The molecule has 1 aliphatic heterocycles. The molecule has 134 valence electrons. The van der Waals surface area contributed by atoms with E-state index in [1.807, 2.05) is 0 Å². The zero-order valence-electron chi connectivity index (χ0n) is 13.8. The number of amides is 2. The number of anilines is 2. The van der Waals surface area contributed by atoms with Crippen molar-refractivity contribution in [3.63, 3.8) is 0 Å². The minimum atomic E-state index is -0.640. The molecule has 0 radical (unpaired) electrons. The third-order valence-corrected chi connectivity index (χ3v) is 4.90. The van der Waals surface area contributed by atoms with Crippen LogP contribution in [0.3, 0.4) is 0 Å². The minimum absolute atomic E-state index is 0.0188. The van der Waals surface area contributed by atoms with Gasteiger partial charge in [0, 0.05) is 19.2 Å². The first kappa shape index (κ1) is 18.1. The number of amidine groups is 1. The topological polar surface area (TPSA) is 61.8 Å². The van der Waals surface area contributed by atoms with Crippen molar-refractivity contribution >= 4 is 40.1 Å². The van der Waals surface area contributed by atoms with Crippen molar-refractivity contribution in [3.8, 4) is 0 Å². The van der Waals surface area contributed by atoms with Gasteiger partial charge in [0.05, 0.1) is 5.69 Å². The fraction of sp³-hybridized carbons (Fsp3) is 0.167. The van der Waals surface area contributed by atoms with Gasteiger partial charge in [-0.25, -0.2) is 13.7 Å². The summed E-state index contributed by atoms with van der Waals surface area (Å²) in [6.45, 7) is 0. The van der Waals surface area contributed by atoms with Gasteiger partial charge in [0.25, 0.3) is 0 Å². The van der Waals surface area contributed by atoms with E-state index < -0.39 is 11.1 Å². The average Bonchev–Trinajstić information content (AvgIpc) is 2.91. The molecule has 0 aliphatic carbocycles. The highest BCUT2D eigenvalue weighted by Gasteiger charge is 2.40. The molecule has 0 saturated carbocycles. The molecule has 0 spiro atoms. The maximum Gasteiger partial charge on any atom is 0.247 e. The number of carbonyl (C=O) groups excluding carboxylic acids is 2. The number of hydrogen-bond donors (Lipinski definition) is 1. The molecule has 8 heteroatoms. The largest absolute Gasteiger partial charge is 0.335 e. The van der Waals surface area contributed by atoms with Gasteiger partial charge in [-0.3, -0.25) is 14.6 Å². The van der Waals surface area contributed by atoms with E-state index in [0.717, 1.165) is 16.7 Å². The molecule has 1 atom stereocenters. The Bertz CT molecular complexity index is 854. The van der Waals surface area contributed by atoms with Crippen LogP contribution in [0.2, 0.25) is 0 Å². The Morgan fingerprint density at radius 2 is 1.65 bits per heavy atom. The number of rotatable bonds is 3. The molecule has 1 fully saturated rings. The van der Waals surface area contributed by atoms with Crippen LogP contribution < -0.4 is 10.2 Å². The van der Waals surface area contributed by atoms with Gasteiger partial charge in [-0.05, 0) is 48.5 Å². The molecule has 0 unspecified atom stereocenters. The number of halogens is 2. The third-order valence-electron chi connectivity index (χ3n) is 3.74. The number of imide groups is 1. The second-order valence-corrected chi connectivity index (χ2v) is 6.71. The number of carbonyl (C=O) groups is 2. The Kier molecular flexibility index (Phi) is 5.32. The molecule has 1 aliphatic rings. The minimum Gasteiger partial charge on any atom is -0.335 e. The van der Waals surface area contributed by atoms with Crippen LogP contribution in [0.1, 0.15) is 6.42 Å². The van der Waals surface area contributed by atoms with Gasteiger partial charge in [-0.1, -0.05) is 11.8 Å². The van der Waals surface area contributed by atoms with E-state index in [-0.39, 0.29) is 24.1 Å². The van der Waals surface area contributed by atoms with Crippen LogP contribution in [0.25, 0.3) is 0 Å². The van der Waals surface area contributed by atoms with Gasteiger partial charge >= 0.3 is 0 Å². The van der Waals surface area contributed by atoms with E-state index in [1.54, 1.807) is 19.2 Å². The first-order valence-electron chi connectivity index (χ1n) is 7.76. The van der Waals surface area contributed by atoms with Crippen molar-refractivity contribution in [1.29, 1.82) is 0 Å². The predicted molar refractivity (Wildman–Crippen MR) is 98.3 cm³/mol. The van der Waals surface area contributed by atoms with Crippen molar-refractivity contribution in [1.82, 2.24) is 0 Å². The van der Waals surface area contributed by atoms with Gasteiger partial charge in [0.15, 0.2) is 5.17 Å². The standard InChI is InChI=1S/C18H15F2N3O2S/c1-21-18(22-13-6-2-11(19)3-7-13)26-15-10-16(24)23(17(15)25)14-8-4-12(20)5-9-14/h2-9,15H,10H2,1H3,(H,21,22)/t15-/m1/s1. The molecular formula is C18H15F2N3O2S. The quantitative estimate of drug-likeness (QED) is 0.507. The molecule has 0 aromatic heterocycles. The molecule has 5 nitrogen and oxygen atoms in total. The average molecular weight is 375 g/mol. The maximum atomic E-state index is 13.1. The molecule has 0 bridgehead atoms. The van der Waals surface area contributed by atoms with Crippen molar-refractivity contribution in [3.05, 3.63) is 60.2 Å². The molecule has 2 aromatic rings. The smallest absolute Gasteiger partial charge is 0.247 e. The SMILES string of the molecule is CN=C(Nc1ccc(F)cc1)S[C@@H]1CC(=O)N(c2ccc(F)cc2)C1=O. The summed E-state index contributed by atoms with van der Waals surface area (Å²) in [6.07, 6.45) is 0.0188. The summed E-state index contributed by atoms with van der Waals surface area (Å²) in [5.74, 6) is -1.53. The molecule has 2 amide bonds. The van der Waals surface area contributed by atoms with Gasteiger partial charge in [-0.15, -0.1) is 0 Å². The second-order valence-electron chi connectivity index (χ2n) is 5.52. The molecule has 1 heterocycles. The van der Waals surface area contributed by atoms with Crippen LogP contribution in [0.15, 0.2) is 53.5 Å². The first-order valence-corrected chi connectivity index (χ1v) is 8.64. The molecule has 2 aromatic carbocycles. The summed E-state index contributed by atoms with van der Waals surface area (Å²) >= 11 is 1.12. The monoisotopic (exact) mass is 375 g/mol. The summed E-state index contributed by atoms with van der Waals surface area (Å²) in [6, 6.07) is 10.9. The van der Waals surface area contributed by atoms with Crippen molar-refractivity contribution in [2.24, 2.45) is 4.99 Å². The number of hydrogen-bond acceptors (Lipinski definition) is 4. The number of benzene rings is 2. The van der Waals surface area contributed by atoms with Crippen LogP contribution in [-0.4, -0.2) is 29.3 Å². The number of thioether (sulfide) groups is 1. The van der Waals surface area contributed by atoms with Gasteiger partial charge in [-0.2, -0.15) is 0 Å². The van der Waals surface area contributed by atoms with Crippen molar-refractivity contribution in [2.45, 2.75) is 11.7 Å². The number of nitrogens with one attached hydrogen (secondary N) is 1. The molecular weight excluding hydrogens is 360 g/mol. The van der Waals surface area contributed by atoms with E-state index in [4.69, 9.17) is 0 Å². The lowest BCUT2D eigenvalue weighted by atomic mass is 10.3. The zero-order valence-corrected chi connectivity index (χ0v) is 14.6. The van der Waals surface area contributed by atoms with Crippen LogP contribution in [0.5, 0.6) is 0 Å². The highest BCUT2D eigenvalue weighted by Crippen LogP contribution is 2.30. The van der Waals surface area contributed by atoms with E-state index in [1.165, 1.54) is 36.4 Å². The van der Waals surface area contributed by atoms with E-state index in [2.05, 4.69) is 10.3 Å². The molecule has 1 N–H and O–H groups in total. The Hall–Kier alpha value is -2.74. The van der Waals surface area contributed by atoms with Gasteiger partial charge in [0.2, 0.25) is 11.8 Å².